The minimum Gasteiger partial charge on any atom is -0.270 e. The zero-order valence-electron chi connectivity index (χ0n) is 21.6. The fourth-order valence-electron chi connectivity index (χ4n) is 6.36. The molecule has 2 aliphatic rings. The average molecular weight is 553 g/mol. The van der Waals surface area contributed by atoms with Crippen molar-refractivity contribution < 1.29 is 21.4 Å². The van der Waals surface area contributed by atoms with E-state index in [-0.39, 0.29) is 29.2 Å². The molecule has 0 N–H and O–H groups in total. The summed E-state index contributed by atoms with van der Waals surface area (Å²) in [5.74, 6) is -0.879. The molecule has 2 aliphatic carbocycles. The third kappa shape index (κ3) is 4.04. The quantitative estimate of drug-likeness (QED) is 0.315. The maximum absolute atomic E-state index is 14.5. The fourth-order valence-corrected chi connectivity index (χ4v) is 6.74. The van der Waals surface area contributed by atoms with Crippen LogP contribution in [0, 0.1) is 17.0 Å². The van der Waals surface area contributed by atoms with Crippen molar-refractivity contribution in [2.45, 2.75) is 44.4 Å². The van der Waals surface area contributed by atoms with Crippen LogP contribution in [0.5, 0.6) is 0 Å². The van der Waals surface area contributed by atoms with Crippen molar-refractivity contribution in [2.75, 3.05) is 12.9 Å². The summed E-state index contributed by atoms with van der Waals surface area (Å²) < 4.78 is 57.9. The van der Waals surface area contributed by atoms with Gasteiger partial charge in [0.2, 0.25) is 0 Å². The summed E-state index contributed by atoms with van der Waals surface area (Å²) in [6, 6.07) is 9.17. The Morgan fingerprint density at radius 1 is 1.13 bits per heavy atom. The van der Waals surface area contributed by atoms with Crippen molar-refractivity contribution in [3.05, 3.63) is 83.1 Å². The van der Waals surface area contributed by atoms with E-state index >= 15 is 0 Å². The predicted octanol–water partition coefficient (Wildman–Crippen LogP) is 4.12. The highest BCUT2D eigenvalue weighted by atomic mass is 32.2. The van der Waals surface area contributed by atoms with Gasteiger partial charge in [0.1, 0.15) is 11.6 Å². The van der Waals surface area contributed by atoms with Crippen molar-refractivity contribution >= 4 is 10.1 Å². The highest BCUT2D eigenvalue weighted by Gasteiger charge is 2.65. The standard InChI is InChI=1S/C27H26F2N6O3S/c1-26(2)18-7-11-27(26,24-17(18)15-21(32-33-24)23-19(28)5-4-6-20(23)29)22-8-12-30-25(31-22)35-13-9-16(34-35)10-14-38-39(3,36)37/h4-6,8-9,12-13,15,18H,7,10-11,14H2,1-3H3/t18-,27-/m0/s1. The zero-order chi connectivity index (χ0) is 27.6. The van der Waals surface area contributed by atoms with Gasteiger partial charge >= 0.3 is 0 Å². The molecule has 0 unspecified atom stereocenters. The van der Waals surface area contributed by atoms with Gasteiger partial charge in [-0.05, 0) is 60.1 Å². The van der Waals surface area contributed by atoms with Crippen LogP contribution in [-0.2, 0) is 26.1 Å². The van der Waals surface area contributed by atoms with Crippen LogP contribution < -0.4 is 0 Å². The smallest absolute Gasteiger partial charge is 0.264 e. The zero-order valence-corrected chi connectivity index (χ0v) is 22.4. The van der Waals surface area contributed by atoms with Crippen molar-refractivity contribution in [1.29, 1.82) is 0 Å². The highest BCUT2D eigenvalue weighted by molar-refractivity contribution is 7.85. The molecule has 39 heavy (non-hydrogen) atoms. The van der Waals surface area contributed by atoms with Gasteiger partial charge in [0, 0.05) is 18.8 Å². The summed E-state index contributed by atoms with van der Waals surface area (Å²) in [7, 11) is -3.53. The molecule has 3 aromatic heterocycles. The van der Waals surface area contributed by atoms with Gasteiger partial charge in [0.25, 0.3) is 16.1 Å². The Bertz CT molecular complexity index is 1690. The van der Waals surface area contributed by atoms with Crippen LogP contribution in [0.25, 0.3) is 17.2 Å². The molecule has 0 radical (unpaired) electrons. The van der Waals surface area contributed by atoms with Crippen LogP contribution >= 0.6 is 0 Å². The number of nitrogens with zero attached hydrogens (tertiary/aromatic N) is 6. The predicted molar refractivity (Wildman–Crippen MR) is 138 cm³/mol. The Balaban J connectivity index is 1.37. The van der Waals surface area contributed by atoms with Crippen molar-refractivity contribution in [3.63, 3.8) is 0 Å². The average Bonchev–Trinajstić information content (AvgIpc) is 3.51. The van der Waals surface area contributed by atoms with Crippen LogP contribution in [0.15, 0.2) is 48.8 Å². The molecule has 0 aliphatic heterocycles. The second-order valence-corrected chi connectivity index (χ2v) is 12.3. The summed E-state index contributed by atoms with van der Waals surface area (Å²) in [4.78, 5) is 9.32. The number of fused-ring (bicyclic) bond motifs is 5. The largest absolute Gasteiger partial charge is 0.270 e. The van der Waals surface area contributed by atoms with E-state index in [0.29, 0.717) is 18.1 Å². The van der Waals surface area contributed by atoms with Gasteiger partial charge in [-0.2, -0.15) is 18.6 Å². The van der Waals surface area contributed by atoms with Crippen LogP contribution in [0.4, 0.5) is 8.78 Å². The molecule has 1 aromatic carbocycles. The fraction of sp³-hybridized carbons (Fsp3) is 0.370. The Morgan fingerprint density at radius 3 is 2.64 bits per heavy atom. The first-order chi connectivity index (χ1) is 18.5. The van der Waals surface area contributed by atoms with Crippen LogP contribution in [0.2, 0.25) is 0 Å². The van der Waals surface area contributed by atoms with Gasteiger partial charge in [-0.25, -0.2) is 23.4 Å². The van der Waals surface area contributed by atoms with Gasteiger partial charge in [-0.3, -0.25) is 4.18 Å². The maximum atomic E-state index is 14.5. The molecule has 0 saturated heterocycles. The summed E-state index contributed by atoms with van der Waals surface area (Å²) in [5.41, 5.74) is 2.26. The van der Waals surface area contributed by atoms with Crippen molar-refractivity contribution in [1.82, 2.24) is 29.9 Å². The Morgan fingerprint density at radius 2 is 1.90 bits per heavy atom. The molecule has 9 nitrogen and oxygen atoms in total. The lowest BCUT2D eigenvalue weighted by Crippen LogP contribution is -2.38. The van der Waals surface area contributed by atoms with E-state index in [4.69, 9.17) is 9.17 Å². The minimum atomic E-state index is -3.53. The molecule has 4 aromatic rings. The Labute approximate surface area is 224 Å². The van der Waals surface area contributed by atoms with Crippen LogP contribution in [0.1, 0.15) is 55.3 Å². The molecule has 3 heterocycles. The summed E-state index contributed by atoms with van der Waals surface area (Å²) in [6.45, 7) is 4.33. The minimum absolute atomic E-state index is 0.0103. The van der Waals surface area contributed by atoms with E-state index in [1.165, 1.54) is 18.2 Å². The topological polar surface area (TPSA) is 113 Å². The number of hydrogen-bond donors (Lipinski definition) is 0. The van der Waals surface area contributed by atoms with Gasteiger partial charge in [0.05, 0.1) is 46.6 Å². The lowest BCUT2D eigenvalue weighted by molar-refractivity contribution is 0.242. The van der Waals surface area contributed by atoms with Crippen LogP contribution in [0.3, 0.4) is 0 Å². The monoisotopic (exact) mass is 552 g/mol. The summed E-state index contributed by atoms with van der Waals surface area (Å²) >= 11 is 0. The Kier molecular flexibility index (Phi) is 5.88. The first kappa shape index (κ1) is 25.6. The Hall–Kier alpha value is -3.64. The number of benzene rings is 1. The van der Waals surface area contributed by atoms with Crippen molar-refractivity contribution in [3.8, 4) is 17.2 Å². The molecule has 6 rings (SSSR count). The third-order valence-electron chi connectivity index (χ3n) is 8.19. The van der Waals surface area contributed by atoms with E-state index in [1.54, 1.807) is 29.2 Å². The lowest BCUT2D eigenvalue weighted by Gasteiger charge is -2.37. The summed E-state index contributed by atoms with van der Waals surface area (Å²) in [5, 5.41) is 13.3. The lowest BCUT2D eigenvalue weighted by atomic mass is 9.66. The molecule has 12 heteroatoms. The van der Waals surface area contributed by atoms with E-state index in [1.807, 2.05) is 6.07 Å². The maximum Gasteiger partial charge on any atom is 0.264 e. The van der Waals surface area contributed by atoms with Crippen molar-refractivity contribution in [2.24, 2.45) is 5.41 Å². The molecular formula is C27H26F2N6O3S. The molecule has 2 bridgehead atoms. The van der Waals surface area contributed by atoms with E-state index in [9.17, 15) is 17.2 Å². The van der Waals surface area contributed by atoms with Crippen LogP contribution in [-0.4, -0.2) is 51.2 Å². The number of hydrogen-bond acceptors (Lipinski definition) is 8. The molecule has 2 atom stereocenters. The highest BCUT2D eigenvalue weighted by Crippen LogP contribution is 2.69. The van der Waals surface area contributed by atoms with Gasteiger partial charge in [0.15, 0.2) is 0 Å². The first-order valence-electron chi connectivity index (χ1n) is 12.6. The second kappa shape index (κ2) is 8.95. The first-order valence-corrected chi connectivity index (χ1v) is 14.4. The molecular weight excluding hydrogens is 526 g/mol. The number of halogens is 2. The number of rotatable bonds is 7. The van der Waals surface area contributed by atoms with E-state index in [2.05, 4.69) is 34.1 Å². The SMILES string of the molecule is CC1(C)[C@H]2CC[C@]1(c1ccnc(-n3ccc(CCOS(C)(=O)=O)n3)n1)c1nnc(-c3c(F)cccc3F)cc12. The molecule has 1 fully saturated rings. The molecule has 0 spiro atoms. The second-order valence-electron chi connectivity index (χ2n) is 10.6. The number of aromatic nitrogens is 6. The van der Waals surface area contributed by atoms with Gasteiger partial charge < -0.3 is 0 Å². The third-order valence-corrected chi connectivity index (χ3v) is 8.78. The normalized spacial score (nSPS) is 21.3. The molecule has 1 saturated carbocycles. The summed E-state index contributed by atoms with van der Waals surface area (Å²) in [6.07, 6.45) is 6.38. The van der Waals surface area contributed by atoms with E-state index < -0.39 is 27.2 Å². The van der Waals surface area contributed by atoms with Gasteiger partial charge in [-0.15, -0.1) is 5.10 Å². The van der Waals surface area contributed by atoms with Gasteiger partial charge in [-0.1, -0.05) is 19.9 Å². The molecule has 0 amide bonds. The molecule has 202 valence electrons. The van der Waals surface area contributed by atoms with E-state index in [0.717, 1.165) is 36.0 Å².